The van der Waals surface area contributed by atoms with Crippen LogP contribution in [-0.2, 0) is 6.54 Å². The third kappa shape index (κ3) is 2.64. The van der Waals surface area contributed by atoms with Crippen molar-refractivity contribution in [2.75, 3.05) is 12.4 Å². The smallest absolute Gasteiger partial charge is 0.203 e. The Morgan fingerprint density at radius 3 is 2.83 bits per heavy atom. The monoisotopic (exact) mass is 242 g/mol. The van der Waals surface area contributed by atoms with Gasteiger partial charge in [-0.2, -0.15) is 5.26 Å². The first-order valence-corrected chi connectivity index (χ1v) is 5.60. The lowest BCUT2D eigenvalue weighted by molar-refractivity contribution is 0.416. The minimum absolute atomic E-state index is 0.322. The minimum Gasteiger partial charge on any atom is -0.495 e. The third-order valence-corrected chi connectivity index (χ3v) is 2.58. The Kier molecular flexibility index (Phi) is 3.54. The topological polar surface area (TPSA) is 58.2 Å². The molecule has 0 fully saturated rings. The number of aryl methyl sites for hydroxylation is 1. The molecule has 4 nitrogen and oxygen atoms in total. The fourth-order valence-electron chi connectivity index (χ4n) is 1.68. The van der Waals surface area contributed by atoms with Gasteiger partial charge in [-0.3, -0.25) is 0 Å². The number of nitriles is 1. The molecule has 0 unspecified atom stereocenters. The largest absolute Gasteiger partial charge is 0.495 e. The van der Waals surface area contributed by atoms with E-state index < -0.39 is 0 Å². The van der Waals surface area contributed by atoms with E-state index in [9.17, 15) is 0 Å². The Morgan fingerprint density at radius 1 is 1.33 bits per heavy atom. The van der Waals surface area contributed by atoms with Crippen molar-refractivity contribution in [3.05, 3.63) is 47.4 Å². The van der Waals surface area contributed by atoms with Crippen LogP contribution in [0, 0.1) is 18.3 Å². The van der Waals surface area contributed by atoms with Gasteiger partial charge in [0, 0.05) is 0 Å². The van der Waals surface area contributed by atoms with Crippen molar-refractivity contribution >= 4 is 5.69 Å². The highest BCUT2D eigenvalue weighted by Gasteiger charge is 2.05. The number of nitrogens with zero attached hydrogens (tertiary/aromatic N) is 1. The van der Waals surface area contributed by atoms with Crippen molar-refractivity contribution in [1.29, 1.82) is 5.26 Å². The molecule has 0 saturated heterocycles. The second-order valence-electron chi connectivity index (χ2n) is 3.94. The molecule has 92 valence electrons. The molecule has 1 N–H and O–H groups in total. The van der Waals surface area contributed by atoms with Gasteiger partial charge in [-0.15, -0.1) is 0 Å². The highest BCUT2D eigenvalue weighted by molar-refractivity contribution is 5.58. The summed E-state index contributed by atoms with van der Waals surface area (Å²) < 4.78 is 10.6. The van der Waals surface area contributed by atoms with E-state index in [1.165, 1.54) is 0 Å². The standard InChI is InChI=1S/C14H14N2O2/c1-10-3-6-14(17-2)13(7-10)16-9-12-5-4-11(8-15)18-12/h3-7,16H,9H2,1-2H3. The summed E-state index contributed by atoms with van der Waals surface area (Å²) in [6.07, 6.45) is 0. The molecule has 0 amide bonds. The molecule has 1 aromatic heterocycles. The Labute approximate surface area is 106 Å². The molecule has 18 heavy (non-hydrogen) atoms. The van der Waals surface area contributed by atoms with Gasteiger partial charge in [-0.05, 0) is 36.8 Å². The number of hydrogen-bond donors (Lipinski definition) is 1. The van der Waals surface area contributed by atoms with Crippen molar-refractivity contribution in [2.24, 2.45) is 0 Å². The van der Waals surface area contributed by atoms with Crippen molar-refractivity contribution in [1.82, 2.24) is 0 Å². The van der Waals surface area contributed by atoms with Crippen molar-refractivity contribution in [3.63, 3.8) is 0 Å². The van der Waals surface area contributed by atoms with Gasteiger partial charge in [0.15, 0.2) is 0 Å². The molecule has 2 rings (SSSR count). The summed E-state index contributed by atoms with van der Waals surface area (Å²) in [5, 5.41) is 11.9. The molecule has 1 heterocycles. The summed E-state index contributed by atoms with van der Waals surface area (Å²) in [6, 6.07) is 11.3. The predicted octanol–water partition coefficient (Wildman–Crippen LogP) is 3.08. The lowest BCUT2D eigenvalue weighted by atomic mass is 10.2. The first-order valence-electron chi connectivity index (χ1n) is 5.60. The molecule has 2 aromatic rings. The number of nitrogens with one attached hydrogen (secondary N) is 1. The number of benzene rings is 1. The molecule has 1 aromatic carbocycles. The molecule has 0 atom stereocenters. The highest BCUT2D eigenvalue weighted by atomic mass is 16.5. The number of furan rings is 1. The van der Waals surface area contributed by atoms with Crippen LogP contribution >= 0.6 is 0 Å². The molecule has 0 spiro atoms. The van der Waals surface area contributed by atoms with E-state index in [0.29, 0.717) is 12.3 Å². The van der Waals surface area contributed by atoms with Crippen LogP contribution in [0.25, 0.3) is 0 Å². The summed E-state index contributed by atoms with van der Waals surface area (Å²) >= 11 is 0. The van der Waals surface area contributed by atoms with Crippen molar-refractivity contribution in [3.8, 4) is 11.8 Å². The normalized spacial score (nSPS) is 9.83. The van der Waals surface area contributed by atoms with E-state index >= 15 is 0 Å². The van der Waals surface area contributed by atoms with Crippen LogP contribution in [0.1, 0.15) is 17.1 Å². The number of hydrogen-bond acceptors (Lipinski definition) is 4. The van der Waals surface area contributed by atoms with Crippen LogP contribution in [0.4, 0.5) is 5.69 Å². The van der Waals surface area contributed by atoms with Gasteiger partial charge in [-0.25, -0.2) is 0 Å². The Morgan fingerprint density at radius 2 is 2.17 bits per heavy atom. The number of rotatable bonds is 4. The van der Waals surface area contributed by atoms with Gasteiger partial charge >= 0.3 is 0 Å². The van der Waals surface area contributed by atoms with Crippen LogP contribution in [0.5, 0.6) is 5.75 Å². The fourth-order valence-corrected chi connectivity index (χ4v) is 1.68. The summed E-state index contributed by atoms with van der Waals surface area (Å²) in [5.41, 5.74) is 2.06. The molecular formula is C14H14N2O2. The Hall–Kier alpha value is -2.41. The predicted molar refractivity (Wildman–Crippen MR) is 68.5 cm³/mol. The summed E-state index contributed by atoms with van der Waals surface area (Å²) in [5.74, 6) is 1.82. The van der Waals surface area contributed by atoms with E-state index in [2.05, 4.69) is 5.32 Å². The molecule has 0 radical (unpaired) electrons. The molecule has 0 bridgehead atoms. The van der Waals surface area contributed by atoms with Gasteiger partial charge in [-0.1, -0.05) is 6.07 Å². The van der Waals surface area contributed by atoms with E-state index in [-0.39, 0.29) is 0 Å². The highest BCUT2D eigenvalue weighted by Crippen LogP contribution is 2.25. The zero-order valence-corrected chi connectivity index (χ0v) is 10.4. The summed E-state index contributed by atoms with van der Waals surface area (Å²) in [6.45, 7) is 2.53. The van der Waals surface area contributed by atoms with Crippen LogP contribution in [-0.4, -0.2) is 7.11 Å². The number of ether oxygens (including phenoxy) is 1. The maximum atomic E-state index is 8.67. The molecule has 0 saturated carbocycles. The third-order valence-electron chi connectivity index (χ3n) is 2.58. The van der Waals surface area contributed by atoms with Crippen LogP contribution in [0.2, 0.25) is 0 Å². The molecule has 0 aliphatic carbocycles. The maximum Gasteiger partial charge on any atom is 0.203 e. The van der Waals surface area contributed by atoms with Gasteiger partial charge in [0.05, 0.1) is 19.3 Å². The zero-order valence-electron chi connectivity index (χ0n) is 10.4. The number of anilines is 1. The van der Waals surface area contributed by atoms with Crippen LogP contribution in [0.15, 0.2) is 34.7 Å². The second kappa shape index (κ2) is 5.28. The fraction of sp³-hybridized carbons (Fsp3) is 0.214. The molecule has 0 aliphatic heterocycles. The van der Waals surface area contributed by atoms with Crippen molar-refractivity contribution in [2.45, 2.75) is 13.5 Å². The first kappa shape index (κ1) is 12.1. The van der Waals surface area contributed by atoms with E-state index in [1.807, 2.05) is 31.2 Å². The van der Waals surface area contributed by atoms with E-state index in [0.717, 1.165) is 22.8 Å². The quantitative estimate of drug-likeness (QED) is 0.895. The second-order valence-corrected chi connectivity index (χ2v) is 3.94. The average Bonchev–Trinajstić information content (AvgIpc) is 2.84. The van der Waals surface area contributed by atoms with Crippen LogP contribution < -0.4 is 10.1 Å². The maximum absolute atomic E-state index is 8.67. The number of methoxy groups -OCH3 is 1. The van der Waals surface area contributed by atoms with Gasteiger partial charge in [0.1, 0.15) is 17.6 Å². The van der Waals surface area contributed by atoms with Crippen molar-refractivity contribution < 1.29 is 9.15 Å². The van der Waals surface area contributed by atoms with Gasteiger partial charge < -0.3 is 14.5 Å². The molecule has 4 heteroatoms. The lowest BCUT2D eigenvalue weighted by Crippen LogP contribution is -2.00. The molecular weight excluding hydrogens is 228 g/mol. The van der Waals surface area contributed by atoms with E-state index in [4.69, 9.17) is 14.4 Å². The van der Waals surface area contributed by atoms with E-state index in [1.54, 1.807) is 19.2 Å². The average molecular weight is 242 g/mol. The molecule has 0 aliphatic rings. The Bertz CT molecular complexity index is 582. The first-order chi connectivity index (χ1) is 8.72. The lowest BCUT2D eigenvalue weighted by Gasteiger charge is -2.10. The van der Waals surface area contributed by atoms with Gasteiger partial charge in [0.2, 0.25) is 5.76 Å². The Balaban J connectivity index is 2.10. The SMILES string of the molecule is COc1ccc(C)cc1NCc1ccc(C#N)o1. The summed E-state index contributed by atoms with van der Waals surface area (Å²) in [4.78, 5) is 0. The summed E-state index contributed by atoms with van der Waals surface area (Å²) in [7, 11) is 1.64. The zero-order chi connectivity index (χ0) is 13.0. The van der Waals surface area contributed by atoms with Crippen LogP contribution in [0.3, 0.4) is 0 Å². The van der Waals surface area contributed by atoms with Gasteiger partial charge in [0.25, 0.3) is 0 Å². The minimum atomic E-state index is 0.322.